The van der Waals surface area contributed by atoms with Gasteiger partial charge in [-0.1, -0.05) is 11.6 Å². The highest BCUT2D eigenvalue weighted by Gasteiger charge is 2.31. The molecule has 2 amide bonds. The lowest BCUT2D eigenvalue weighted by Gasteiger charge is -2.23. The molecule has 0 bridgehead atoms. The van der Waals surface area contributed by atoms with Gasteiger partial charge in [0.15, 0.2) is 0 Å². The molecule has 1 aliphatic heterocycles. The molecule has 17 heavy (non-hydrogen) atoms. The van der Waals surface area contributed by atoms with Crippen molar-refractivity contribution in [1.82, 2.24) is 10.3 Å². The highest BCUT2D eigenvalue weighted by molar-refractivity contribution is 6.30. The van der Waals surface area contributed by atoms with Gasteiger partial charge in [-0.15, -0.1) is 0 Å². The number of amides is 2. The van der Waals surface area contributed by atoms with Crippen LogP contribution in [0.15, 0.2) is 18.5 Å². The molecule has 1 atom stereocenters. The SMILES string of the molecule is CC1(NC(=O)Nc2cncc(Cl)c2)CCOC1. The third kappa shape index (κ3) is 3.31. The molecular formula is C11H14ClN3O2. The number of nitrogens with one attached hydrogen (secondary N) is 2. The normalized spacial score (nSPS) is 23.4. The summed E-state index contributed by atoms with van der Waals surface area (Å²) in [6.07, 6.45) is 3.87. The van der Waals surface area contributed by atoms with Crippen LogP contribution in [0.3, 0.4) is 0 Å². The summed E-state index contributed by atoms with van der Waals surface area (Å²) in [6, 6.07) is 1.36. The van der Waals surface area contributed by atoms with Crippen LogP contribution in [0.25, 0.3) is 0 Å². The fraction of sp³-hybridized carbons (Fsp3) is 0.455. The van der Waals surface area contributed by atoms with E-state index in [1.54, 1.807) is 12.3 Å². The van der Waals surface area contributed by atoms with Crippen molar-refractivity contribution in [1.29, 1.82) is 0 Å². The van der Waals surface area contributed by atoms with Gasteiger partial charge in [0.1, 0.15) is 0 Å². The fourth-order valence-electron chi connectivity index (χ4n) is 1.68. The Hall–Kier alpha value is -1.33. The number of rotatable bonds is 2. The summed E-state index contributed by atoms with van der Waals surface area (Å²) in [4.78, 5) is 15.6. The van der Waals surface area contributed by atoms with E-state index in [9.17, 15) is 4.79 Å². The topological polar surface area (TPSA) is 63.2 Å². The highest BCUT2D eigenvalue weighted by atomic mass is 35.5. The zero-order valence-electron chi connectivity index (χ0n) is 9.50. The molecule has 1 aliphatic rings. The van der Waals surface area contributed by atoms with Gasteiger partial charge in [-0.3, -0.25) is 4.98 Å². The third-order valence-electron chi connectivity index (χ3n) is 2.60. The molecule has 2 rings (SSSR count). The summed E-state index contributed by atoms with van der Waals surface area (Å²) in [5, 5.41) is 6.04. The molecule has 1 aromatic rings. The molecule has 0 aromatic carbocycles. The van der Waals surface area contributed by atoms with Crippen molar-refractivity contribution in [3.63, 3.8) is 0 Å². The summed E-state index contributed by atoms with van der Waals surface area (Å²) in [5.41, 5.74) is 0.272. The monoisotopic (exact) mass is 255 g/mol. The first kappa shape index (κ1) is 12.1. The predicted octanol–water partition coefficient (Wildman–Crippen LogP) is 2.04. The van der Waals surface area contributed by atoms with Gasteiger partial charge in [0.2, 0.25) is 0 Å². The van der Waals surface area contributed by atoms with Crippen LogP contribution in [0, 0.1) is 0 Å². The van der Waals surface area contributed by atoms with E-state index < -0.39 is 0 Å². The average molecular weight is 256 g/mol. The van der Waals surface area contributed by atoms with Gasteiger partial charge in [0, 0.05) is 12.8 Å². The molecule has 6 heteroatoms. The molecule has 2 heterocycles. The Balaban J connectivity index is 1.93. The molecule has 0 aliphatic carbocycles. The summed E-state index contributed by atoms with van der Waals surface area (Å²) in [7, 11) is 0. The lowest BCUT2D eigenvalue weighted by molar-refractivity contribution is 0.172. The van der Waals surface area contributed by atoms with Gasteiger partial charge in [-0.25, -0.2) is 4.79 Å². The number of halogens is 1. The first-order chi connectivity index (χ1) is 8.07. The molecular weight excluding hydrogens is 242 g/mol. The Kier molecular flexibility index (Phi) is 3.49. The maximum atomic E-state index is 11.7. The maximum absolute atomic E-state index is 11.7. The molecule has 5 nitrogen and oxygen atoms in total. The zero-order chi connectivity index (χ0) is 12.3. The van der Waals surface area contributed by atoms with Gasteiger partial charge in [0.25, 0.3) is 0 Å². The number of hydrogen-bond acceptors (Lipinski definition) is 3. The first-order valence-corrected chi connectivity index (χ1v) is 5.73. The van der Waals surface area contributed by atoms with Crippen molar-refractivity contribution in [2.75, 3.05) is 18.5 Å². The summed E-state index contributed by atoms with van der Waals surface area (Å²) < 4.78 is 5.25. The Morgan fingerprint density at radius 1 is 1.59 bits per heavy atom. The summed E-state index contributed by atoms with van der Waals surface area (Å²) in [5.74, 6) is 0. The fourth-order valence-corrected chi connectivity index (χ4v) is 1.86. The second kappa shape index (κ2) is 4.89. The van der Waals surface area contributed by atoms with Gasteiger partial charge in [0.05, 0.1) is 29.1 Å². The van der Waals surface area contributed by atoms with E-state index in [4.69, 9.17) is 16.3 Å². The van der Waals surface area contributed by atoms with E-state index in [0.29, 0.717) is 23.9 Å². The molecule has 92 valence electrons. The van der Waals surface area contributed by atoms with E-state index in [1.165, 1.54) is 6.20 Å². The Labute approximate surface area is 105 Å². The zero-order valence-corrected chi connectivity index (χ0v) is 10.3. The molecule has 0 saturated carbocycles. The number of aromatic nitrogens is 1. The van der Waals surface area contributed by atoms with Crippen LogP contribution in [0.2, 0.25) is 5.02 Å². The van der Waals surface area contributed by atoms with Crippen molar-refractivity contribution in [3.8, 4) is 0 Å². The smallest absolute Gasteiger partial charge is 0.319 e. The van der Waals surface area contributed by atoms with Crippen molar-refractivity contribution in [2.45, 2.75) is 18.9 Å². The van der Waals surface area contributed by atoms with Crippen LogP contribution < -0.4 is 10.6 Å². The number of ether oxygens (including phenoxy) is 1. The van der Waals surface area contributed by atoms with Gasteiger partial charge < -0.3 is 15.4 Å². The quantitative estimate of drug-likeness (QED) is 0.850. The maximum Gasteiger partial charge on any atom is 0.319 e. The third-order valence-corrected chi connectivity index (χ3v) is 2.80. The van der Waals surface area contributed by atoms with Crippen LogP contribution in [0.5, 0.6) is 0 Å². The molecule has 1 aromatic heterocycles. The van der Waals surface area contributed by atoms with Crippen LogP contribution in [0.4, 0.5) is 10.5 Å². The minimum absolute atomic E-state index is 0.276. The predicted molar refractivity (Wildman–Crippen MR) is 65.2 cm³/mol. The lowest BCUT2D eigenvalue weighted by Crippen LogP contribution is -2.48. The van der Waals surface area contributed by atoms with Gasteiger partial charge in [-0.2, -0.15) is 0 Å². The van der Waals surface area contributed by atoms with Crippen molar-refractivity contribution in [2.24, 2.45) is 0 Å². The highest BCUT2D eigenvalue weighted by Crippen LogP contribution is 2.18. The molecule has 1 saturated heterocycles. The molecule has 0 radical (unpaired) electrons. The van der Waals surface area contributed by atoms with E-state index >= 15 is 0 Å². The number of carbonyl (C=O) groups is 1. The van der Waals surface area contributed by atoms with Crippen molar-refractivity contribution in [3.05, 3.63) is 23.5 Å². The second-order valence-electron chi connectivity index (χ2n) is 4.33. The Morgan fingerprint density at radius 2 is 2.41 bits per heavy atom. The number of hydrogen-bond donors (Lipinski definition) is 2. The molecule has 0 spiro atoms. The Morgan fingerprint density at radius 3 is 3.06 bits per heavy atom. The summed E-state index contributed by atoms with van der Waals surface area (Å²) in [6.45, 7) is 3.17. The van der Waals surface area contributed by atoms with E-state index in [1.807, 2.05) is 6.92 Å². The standard InChI is InChI=1S/C11H14ClN3O2/c1-11(2-3-17-7-11)15-10(16)14-9-4-8(12)5-13-6-9/h4-6H,2-3,7H2,1H3,(H2,14,15,16). The Bertz CT molecular complexity index is 419. The van der Waals surface area contributed by atoms with Gasteiger partial charge in [-0.05, 0) is 19.4 Å². The van der Waals surface area contributed by atoms with Crippen LogP contribution in [-0.2, 0) is 4.74 Å². The van der Waals surface area contributed by atoms with Crippen LogP contribution in [-0.4, -0.2) is 29.8 Å². The lowest BCUT2D eigenvalue weighted by atomic mass is 10.0. The number of urea groups is 1. The molecule has 1 fully saturated rings. The van der Waals surface area contributed by atoms with Crippen LogP contribution in [0.1, 0.15) is 13.3 Å². The number of nitrogens with zero attached hydrogens (tertiary/aromatic N) is 1. The van der Waals surface area contributed by atoms with E-state index in [-0.39, 0.29) is 11.6 Å². The van der Waals surface area contributed by atoms with Crippen molar-refractivity contribution >= 4 is 23.3 Å². The van der Waals surface area contributed by atoms with Crippen molar-refractivity contribution < 1.29 is 9.53 Å². The first-order valence-electron chi connectivity index (χ1n) is 5.35. The molecule has 2 N–H and O–H groups in total. The minimum Gasteiger partial charge on any atom is -0.379 e. The number of anilines is 1. The summed E-state index contributed by atoms with van der Waals surface area (Å²) >= 11 is 5.77. The molecule has 1 unspecified atom stereocenters. The van der Waals surface area contributed by atoms with Gasteiger partial charge >= 0.3 is 6.03 Å². The number of pyridine rings is 1. The number of carbonyl (C=O) groups excluding carboxylic acids is 1. The second-order valence-corrected chi connectivity index (χ2v) is 4.77. The van der Waals surface area contributed by atoms with Crippen LogP contribution >= 0.6 is 11.6 Å². The average Bonchev–Trinajstić information content (AvgIpc) is 2.64. The largest absolute Gasteiger partial charge is 0.379 e. The minimum atomic E-state index is -0.296. The van der Waals surface area contributed by atoms with E-state index in [0.717, 1.165) is 6.42 Å². The van der Waals surface area contributed by atoms with E-state index in [2.05, 4.69) is 15.6 Å².